The molecule has 3 aliphatic heterocycles. The molecule has 3 saturated heterocycles. The second-order valence-corrected chi connectivity index (χ2v) is 5.98. The Morgan fingerprint density at radius 2 is 2.18 bits per heavy atom. The summed E-state index contributed by atoms with van der Waals surface area (Å²) in [5.41, 5.74) is -1.18. The van der Waals surface area contributed by atoms with Crippen molar-refractivity contribution in [3.05, 3.63) is 0 Å². The van der Waals surface area contributed by atoms with Crippen molar-refractivity contribution < 1.29 is 19.4 Å². The molecule has 0 radical (unpaired) electrons. The highest BCUT2D eigenvalue weighted by Crippen LogP contribution is 2.60. The normalized spacial score (nSPS) is 44.1. The van der Waals surface area contributed by atoms with Gasteiger partial charge in [-0.05, 0) is 12.8 Å². The standard InChI is InChI=1S/C12H17NO4/c1-11(2,5-14)12-4-3-6(17-12)7-8(12)10(16)13-9(7)15/h6-8,14H,3-5H2,1-2H3,(H,13,15,16). The molecule has 3 heterocycles. The molecular formula is C12H17NO4. The van der Waals surface area contributed by atoms with Gasteiger partial charge in [-0.2, -0.15) is 0 Å². The zero-order chi connectivity index (χ0) is 12.4. The molecule has 0 saturated carbocycles. The monoisotopic (exact) mass is 239 g/mol. The molecule has 0 aromatic heterocycles. The third kappa shape index (κ3) is 1.11. The zero-order valence-electron chi connectivity index (χ0n) is 10.0. The van der Waals surface area contributed by atoms with Gasteiger partial charge < -0.3 is 9.84 Å². The fraction of sp³-hybridized carbons (Fsp3) is 0.833. The first-order chi connectivity index (χ1) is 7.93. The predicted octanol–water partition coefficient (Wildman–Crippen LogP) is -0.175. The number of aliphatic hydroxyl groups excluding tert-OH is 1. The summed E-state index contributed by atoms with van der Waals surface area (Å²) in [5.74, 6) is -1.21. The molecular weight excluding hydrogens is 222 g/mol. The lowest BCUT2D eigenvalue weighted by Crippen LogP contribution is -2.53. The quantitative estimate of drug-likeness (QED) is 0.656. The molecule has 0 aliphatic carbocycles. The number of carbonyl (C=O) groups is 2. The van der Waals surface area contributed by atoms with Crippen LogP contribution in [0.2, 0.25) is 0 Å². The summed E-state index contributed by atoms with van der Waals surface area (Å²) in [5, 5.41) is 11.9. The van der Waals surface area contributed by atoms with Crippen molar-refractivity contribution in [1.82, 2.24) is 5.32 Å². The zero-order valence-corrected chi connectivity index (χ0v) is 10.0. The molecule has 4 unspecified atom stereocenters. The second kappa shape index (κ2) is 3.09. The second-order valence-electron chi connectivity index (χ2n) is 5.98. The predicted molar refractivity (Wildman–Crippen MR) is 57.8 cm³/mol. The first-order valence-electron chi connectivity index (χ1n) is 6.06. The van der Waals surface area contributed by atoms with Crippen LogP contribution in [-0.4, -0.2) is 35.2 Å². The van der Waals surface area contributed by atoms with Gasteiger partial charge in [0.25, 0.3) is 0 Å². The molecule has 17 heavy (non-hydrogen) atoms. The molecule has 2 bridgehead atoms. The van der Waals surface area contributed by atoms with E-state index in [-0.39, 0.29) is 30.4 Å². The fourth-order valence-electron chi connectivity index (χ4n) is 3.76. The summed E-state index contributed by atoms with van der Waals surface area (Å²) in [6, 6.07) is 0. The molecule has 3 fully saturated rings. The Bertz CT molecular complexity index is 405. The molecule has 4 atom stereocenters. The van der Waals surface area contributed by atoms with Crippen molar-refractivity contribution in [2.75, 3.05) is 6.61 Å². The molecule has 2 N–H and O–H groups in total. The first-order valence-corrected chi connectivity index (χ1v) is 6.06. The van der Waals surface area contributed by atoms with E-state index >= 15 is 0 Å². The maximum Gasteiger partial charge on any atom is 0.233 e. The van der Waals surface area contributed by atoms with Crippen LogP contribution in [0, 0.1) is 17.3 Å². The summed E-state index contributed by atoms with van der Waals surface area (Å²) in [6.07, 6.45) is 1.38. The van der Waals surface area contributed by atoms with Crippen LogP contribution in [0.1, 0.15) is 26.7 Å². The Morgan fingerprint density at radius 1 is 1.47 bits per heavy atom. The van der Waals surface area contributed by atoms with E-state index in [1.54, 1.807) is 0 Å². The fourth-order valence-corrected chi connectivity index (χ4v) is 3.76. The van der Waals surface area contributed by atoms with E-state index in [9.17, 15) is 14.7 Å². The number of imide groups is 1. The smallest absolute Gasteiger partial charge is 0.233 e. The van der Waals surface area contributed by atoms with E-state index in [4.69, 9.17) is 4.74 Å². The Balaban J connectivity index is 2.07. The average Bonchev–Trinajstić information content (AvgIpc) is 2.91. The van der Waals surface area contributed by atoms with Crippen molar-refractivity contribution >= 4 is 11.8 Å². The molecule has 0 aromatic rings. The van der Waals surface area contributed by atoms with Gasteiger partial charge in [0.1, 0.15) is 0 Å². The minimum absolute atomic E-state index is 0.0512. The number of rotatable bonds is 2. The highest BCUT2D eigenvalue weighted by Gasteiger charge is 2.71. The molecule has 0 spiro atoms. The number of amides is 2. The van der Waals surface area contributed by atoms with E-state index < -0.39 is 16.9 Å². The van der Waals surface area contributed by atoms with Gasteiger partial charge in [-0.25, -0.2) is 0 Å². The van der Waals surface area contributed by atoms with Crippen LogP contribution in [0.15, 0.2) is 0 Å². The van der Waals surface area contributed by atoms with Crippen molar-refractivity contribution in [3.63, 3.8) is 0 Å². The number of hydrogen-bond acceptors (Lipinski definition) is 4. The van der Waals surface area contributed by atoms with E-state index in [1.807, 2.05) is 13.8 Å². The van der Waals surface area contributed by atoms with Crippen molar-refractivity contribution in [3.8, 4) is 0 Å². The Labute approximate surface area is 99.5 Å². The lowest BCUT2D eigenvalue weighted by molar-refractivity contribution is -0.144. The van der Waals surface area contributed by atoms with E-state index in [1.165, 1.54) is 0 Å². The summed E-state index contributed by atoms with van der Waals surface area (Å²) in [6.45, 7) is 3.74. The molecule has 5 nitrogen and oxygen atoms in total. The van der Waals surface area contributed by atoms with Crippen molar-refractivity contribution in [2.24, 2.45) is 17.3 Å². The molecule has 5 heteroatoms. The van der Waals surface area contributed by atoms with Gasteiger partial charge in [0.2, 0.25) is 11.8 Å². The largest absolute Gasteiger partial charge is 0.396 e. The topological polar surface area (TPSA) is 75.6 Å². The van der Waals surface area contributed by atoms with Crippen LogP contribution in [0.5, 0.6) is 0 Å². The highest BCUT2D eigenvalue weighted by atomic mass is 16.5. The van der Waals surface area contributed by atoms with Crippen LogP contribution in [0.25, 0.3) is 0 Å². The Kier molecular flexibility index (Phi) is 2.03. The molecule has 0 aromatic carbocycles. The van der Waals surface area contributed by atoms with E-state index in [0.29, 0.717) is 0 Å². The third-order valence-electron chi connectivity index (χ3n) is 4.80. The summed E-state index contributed by atoms with van der Waals surface area (Å²) < 4.78 is 5.98. The molecule has 2 amide bonds. The van der Waals surface area contributed by atoms with Gasteiger partial charge in [-0.3, -0.25) is 14.9 Å². The van der Waals surface area contributed by atoms with Crippen LogP contribution in [0.3, 0.4) is 0 Å². The number of hydrogen-bond donors (Lipinski definition) is 2. The minimum Gasteiger partial charge on any atom is -0.396 e. The lowest BCUT2D eigenvalue weighted by Gasteiger charge is -2.43. The SMILES string of the molecule is CC(C)(CO)C12CCC(O1)C1C(=O)NC(=O)C12. The third-order valence-corrected chi connectivity index (χ3v) is 4.80. The first kappa shape index (κ1) is 11.2. The van der Waals surface area contributed by atoms with Crippen molar-refractivity contribution in [2.45, 2.75) is 38.4 Å². The minimum atomic E-state index is -0.673. The van der Waals surface area contributed by atoms with Gasteiger partial charge in [-0.1, -0.05) is 13.8 Å². The van der Waals surface area contributed by atoms with Crippen LogP contribution >= 0.6 is 0 Å². The van der Waals surface area contributed by atoms with Crippen molar-refractivity contribution in [1.29, 1.82) is 0 Å². The van der Waals surface area contributed by atoms with E-state index in [2.05, 4.69) is 5.32 Å². The number of ether oxygens (including phenoxy) is 1. The molecule has 3 rings (SSSR count). The van der Waals surface area contributed by atoms with Crippen LogP contribution in [-0.2, 0) is 14.3 Å². The van der Waals surface area contributed by atoms with Crippen LogP contribution < -0.4 is 5.32 Å². The Hall–Kier alpha value is -0.940. The van der Waals surface area contributed by atoms with Crippen LogP contribution in [0.4, 0.5) is 0 Å². The summed E-state index contributed by atoms with van der Waals surface area (Å²) in [4.78, 5) is 23.7. The van der Waals surface area contributed by atoms with Gasteiger partial charge in [0.15, 0.2) is 0 Å². The number of nitrogens with one attached hydrogen (secondary N) is 1. The number of aliphatic hydroxyl groups is 1. The molecule has 94 valence electrons. The average molecular weight is 239 g/mol. The number of carbonyl (C=O) groups excluding carboxylic acids is 2. The Morgan fingerprint density at radius 3 is 2.82 bits per heavy atom. The molecule has 3 aliphatic rings. The maximum atomic E-state index is 11.9. The van der Waals surface area contributed by atoms with E-state index in [0.717, 1.165) is 12.8 Å². The van der Waals surface area contributed by atoms with Gasteiger partial charge in [0, 0.05) is 5.41 Å². The maximum absolute atomic E-state index is 11.9. The summed E-state index contributed by atoms with van der Waals surface area (Å²) in [7, 11) is 0. The lowest BCUT2D eigenvalue weighted by atomic mass is 9.61. The van der Waals surface area contributed by atoms with Gasteiger partial charge in [-0.15, -0.1) is 0 Å². The van der Waals surface area contributed by atoms with Gasteiger partial charge >= 0.3 is 0 Å². The summed E-state index contributed by atoms with van der Waals surface area (Å²) >= 11 is 0. The number of fused-ring (bicyclic) bond motifs is 5. The highest BCUT2D eigenvalue weighted by molar-refractivity contribution is 6.06. The van der Waals surface area contributed by atoms with Gasteiger partial charge in [0.05, 0.1) is 30.1 Å².